The normalized spacial score (nSPS) is 27.2. The van der Waals surface area contributed by atoms with Crippen molar-refractivity contribution < 1.29 is 4.74 Å². The van der Waals surface area contributed by atoms with E-state index in [1.54, 1.807) is 7.11 Å². The summed E-state index contributed by atoms with van der Waals surface area (Å²) in [7, 11) is 3.85. The van der Waals surface area contributed by atoms with Crippen molar-refractivity contribution in [3.05, 3.63) is 24.3 Å². The molecule has 2 rings (SSSR count). The van der Waals surface area contributed by atoms with Crippen molar-refractivity contribution in [2.45, 2.75) is 24.1 Å². The van der Waals surface area contributed by atoms with Gasteiger partial charge in [-0.3, -0.25) is 0 Å². The number of methoxy groups -OCH3 is 1. The van der Waals surface area contributed by atoms with Crippen LogP contribution in [-0.2, 0) is 0 Å². The van der Waals surface area contributed by atoms with Crippen LogP contribution in [0.15, 0.2) is 24.3 Å². The van der Waals surface area contributed by atoms with E-state index < -0.39 is 0 Å². The fraction of sp³-hybridized carbons (Fsp3) is 0.571. The van der Waals surface area contributed by atoms with Gasteiger partial charge < -0.3 is 15.4 Å². The van der Waals surface area contributed by atoms with Crippen LogP contribution in [0.5, 0.6) is 5.75 Å². The van der Waals surface area contributed by atoms with Crippen LogP contribution in [0.1, 0.15) is 13.3 Å². The van der Waals surface area contributed by atoms with Gasteiger partial charge in [0, 0.05) is 18.8 Å². The largest absolute Gasteiger partial charge is 0.495 e. The van der Waals surface area contributed by atoms with Crippen molar-refractivity contribution in [1.29, 1.82) is 0 Å². The van der Waals surface area contributed by atoms with Crippen LogP contribution in [0.3, 0.4) is 0 Å². The van der Waals surface area contributed by atoms with Gasteiger partial charge in [0.25, 0.3) is 0 Å². The average Bonchev–Trinajstić information content (AvgIpc) is 2.80. The fourth-order valence-corrected chi connectivity index (χ4v) is 4.27. The van der Waals surface area contributed by atoms with E-state index in [0.717, 1.165) is 17.9 Å². The molecule has 1 fully saturated rings. The molecule has 0 aromatic heterocycles. The Kier molecular flexibility index (Phi) is 4.07. The van der Waals surface area contributed by atoms with Crippen LogP contribution in [0.4, 0.5) is 5.69 Å². The minimum atomic E-state index is 0.0410. The number of thioether (sulfide) groups is 1. The SMILES string of the molecule is COc1ccccc1N(C)C1(CN)CCSC1C. The minimum Gasteiger partial charge on any atom is -0.495 e. The van der Waals surface area contributed by atoms with Gasteiger partial charge in [-0.1, -0.05) is 19.1 Å². The summed E-state index contributed by atoms with van der Waals surface area (Å²) in [5.74, 6) is 2.09. The number of likely N-dealkylation sites (N-methyl/N-ethyl adjacent to an activating group) is 1. The summed E-state index contributed by atoms with van der Waals surface area (Å²) >= 11 is 2.00. The maximum absolute atomic E-state index is 6.09. The van der Waals surface area contributed by atoms with Crippen LogP contribution >= 0.6 is 11.8 Å². The molecule has 2 unspecified atom stereocenters. The standard InChI is InChI=1S/C14H22N2OS/c1-11-14(10-15,8-9-18-11)16(2)12-6-4-5-7-13(12)17-3/h4-7,11H,8-10,15H2,1-3H3. The number of ether oxygens (including phenoxy) is 1. The van der Waals surface area contributed by atoms with Gasteiger partial charge in [0.1, 0.15) is 5.75 Å². The molecular weight excluding hydrogens is 244 g/mol. The summed E-state index contributed by atoms with van der Waals surface area (Å²) in [5, 5.41) is 0.539. The Balaban J connectivity index is 2.37. The molecular formula is C14H22N2OS. The fourth-order valence-electron chi connectivity index (χ4n) is 2.76. The highest BCUT2D eigenvalue weighted by Crippen LogP contribution is 2.43. The van der Waals surface area contributed by atoms with E-state index in [1.807, 2.05) is 30.0 Å². The molecule has 4 heteroatoms. The van der Waals surface area contributed by atoms with Gasteiger partial charge >= 0.3 is 0 Å². The first-order valence-electron chi connectivity index (χ1n) is 6.34. The van der Waals surface area contributed by atoms with E-state index in [0.29, 0.717) is 11.8 Å². The summed E-state index contributed by atoms with van der Waals surface area (Å²) in [4.78, 5) is 2.32. The molecule has 1 aliphatic heterocycles. The quantitative estimate of drug-likeness (QED) is 0.908. The summed E-state index contributed by atoms with van der Waals surface area (Å²) in [6.45, 7) is 2.95. The van der Waals surface area contributed by atoms with Crippen molar-refractivity contribution in [2.24, 2.45) is 5.73 Å². The Hall–Kier alpha value is -0.870. The molecule has 0 bridgehead atoms. The number of para-hydroxylation sites is 2. The van der Waals surface area contributed by atoms with Crippen molar-refractivity contribution in [1.82, 2.24) is 0 Å². The molecule has 0 spiro atoms. The van der Waals surface area contributed by atoms with Crippen molar-refractivity contribution >= 4 is 17.4 Å². The number of hydrogen-bond donors (Lipinski definition) is 1. The maximum atomic E-state index is 6.09. The lowest BCUT2D eigenvalue weighted by molar-refractivity contribution is 0.391. The first kappa shape index (κ1) is 13.6. The third kappa shape index (κ3) is 2.08. The van der Waals surface area contributed by atoms with E-state index in [4.69, 9.17) is 10.5 Å². The Labute approximate surface area is 114 Å². The molecule has 0 amide bonds. The number of anilines is 1. The third-order valence-corrected chi connectivity index (χ3v) is 5.51. The lowest BCUT2D eigenvalue weighted by atomic mass is 9.90. The highest BCUT2D eigenvalue weighted by Gasteiger charge is 2.43. The summed E-state index contributed by atoms with van der Waals surface area (Å²) in [6, 6.07) is 8.15. The van der Waals surface area contributed by atoms with E-state index in [2.05, 4.69) is 24.9 Å². The van der Waals surface area contributed by atoms with Crippen molar-refractivity contribution in [2.75, 3.05) is 31.4 Å². The van der Waals surface area contributed by atoms with Gasteiger partial charge in [-0.05, 0) is 24.3 Å². The Morgan fingerprint density at radius 2 is 2.22 bits per heavy atom. The Bertz CT molecular complexity index is 413. The van der Waals surface area contributed by atoms with Crippen LogP contribution in [-0.4, -0.2) is 37.2 Å². The maximum Gasteiger partial charge on any atom is 0.142 e. The Morgan fingerprint density at radius 1 is 1.50 bits per heavy atom. The van der Waals surface area contributed by atoms with Crippen LogP contribution < -0.4 is 15.4 Å². The smallest absolute Gasteiger partial charge is 0.142 e. The average molecular weight is 266 g/mol. The number of hydrogen-bond acceptors (Lipinski definition) is 4. The van der Waals surface area contributed by atoms with E-state index in [-0.39, 0.29) is 5.54 Å². The van der Waals surface area contributed by atoms with Gasteiger partial charge in [-0.15, -0.1) is 0 Å². The molecule has 2 N–H and O–H groups in total. The molecule has 0 aliphatic carbocycles. The number of nitrogens with zero attached hydrogens (tertiary/aromatic N) is 1. The van der Waals surface area contributed by atoms with Gasteiger partial charge in [0.2, 0.25) is 0 Å². The van der Waals surface area contributed by atoms with E-state index >= 15 is 0 Å². The molecule has 1 heterocycles. The number of rotatable bonds is 4. The number of nitrogens with two attached hydrogens (primary N) is 1. The van der Waals surface area contributed by atoms with Crippen LogP contribution in [0, 0.1) is 0 Å². The lowest BCUT2D eigenvalue weighted by Gasteiger charge is -2.43. The summed E-state index contributed by atoms with van der Waals surface area (Å²) < 4.78 is 5.46. The first-order valence-corrected chi connectivity index (χ1v) is 7.39. The molecule has 100 valence electrons. The topological polar surface area (TPSA) is 38.5 Å². The van der Waals surface area contributed by atoms with Gasteiger partial charge in [0.05, 0.1) is 18.3 Å². The highest BCUT2D eigenvalue weighted by molar-refractivity contribution is 8.00. The zero-order chi connectivity index (χ0) is 13.2. The first-order chi connectivity index (χ1) is 8.65. The summed E-state index contributed by atoms with van der Waals surface area (Å²) in [6.07, 6.45) is 1.13. The van der Waals surface area contributed by atoms with Gasteiger partial charge in [0.15, 0.2) is 0 Å². The second kappa shape index (κ2) is 5.41. The molecule has 2 atom stereocenters. The molecule has 18 heavy (non-hydrogen) atoms. The Morgan fingerprint density at radius 3 is 2.78 bits per heavy atom. The zero-order valence-electron chi connectivity index (χ0n) is 11.3. The predicted octanol–water partition coefficient (Wildman–Crippen LogP) is 2.35. The van der Waals surface area contributed by atoms with Gasteiger partial charge in [-0.2, -0.15) is 11.8 Å². The van der Waals surface area contributed by atoms with Gasteiger partial charge in [-0.25, -0.2) is 0 Å². The second-order valence-electron chi connectivity index (χ2n) is 4.80. The molecule has 3 nitrogen and oxygen atoms in total. The van der Waals surface area contributed by atoms with E-state index in [9.17, 15) is 0 Å². The third-order valence-electron chi connectivity index (χ3n) is 4.13. The predicted molar refractivity (Wildman–Crippen MR) is 79.7 cm³/mol. The summed E-state index contributed by atoms with van der Waals surface area (Å²) in [5.41, 5.74) is 7.26. The highest BCUT2D eigenvalue weighted by atomic mass is 32.2. The van der Waals surface area contributed by atoms with Crippen LogP contribution in [0.2, 0.25) is 0 Å². The second-order valence-corrected chi connectivity index (χ2v) is 6.25. The van der Waals surface area contributed by atoms with Crippen LogP contribution in [0.25, 0.3) is 0 Å². The monoisotopic (exact) mass is 266 g/mol. The molecule has 1 aromatic carbocycles. The molecule has 0 radical (unpaired) electrons. The molecule has 1 saturated heterocycles. The molecule has 0 saturated carbocycles. The zero-order valence-corrected chi connectivity index (χ0v) is 12.2. The minimum absolute atomic E-state index is 0.0410. The lowest BCUT2D eigenvalue weighted by Crippen LogP contribution is -2.56. The molecule has 1 aromatic rings. The van der Waals surface area contributed by atoms with Crippen molar-refractivity contribution in [3.63, 3.8) is 0 Å². The van der Waals surface area contributed by atoms with Crippen molar-refractivity contribution in [3.8, 4) is 5.75 Å². The molecule has 1 aliphatic rings. The van der Waals surface area contributed by atoms with E-state index in [1.165, 1.54) is 5.75 Å². The number of benzene rings is 1.